The molecule has 0 aliphatic rings. The molecule has 0 radical (unpaired) electrons. The molecule has 5 nitrogen and oxygen atoms in total. The van der Waals surface area contributed by atoms with E-state index < -0.39 is 0 Å². The lowest BCUT2D eigenvalue weighted by atomic mass is 10.3. The number of hydrogen-bond donors (Lipinski definition) is 1. The second kappa shape index (κ2) is 5.72. The fourth-order valence-electron chi connectivity index (χ4n) is 1.12. The first-order valence-electron chi connectivity index (χ1n) is 4.52. The molecule has 1 aromatic heterocycles. The van der Waals surface area contributed by atoms with Crippen molar-refractivity contribution in [1.82, 2.24) is 15.1 Å². The molecule has 0 fully saturated rings. The molecule has 0 aliphatic heterocycles. The average Bonchev–Trinajstić information content (AvgIpc) is 2.64. The summed E-state index contributed by atoms with van der Waals surface area (Å²) in [6.07, 6.45) is 1.71. The van der Waals surface area contributed by atoms with Gasteiger partial charge in [-0.25, -0.2) is 0 Å². The number of carbonyl (C=O) groups excluding carboxylic acids is 1. The van der Waals surface area contributed by atoms with Crippen LogP contribution < -0.4 is 5.32 Å². The molecule has 0 spiro atoms. The Morgan fingerprint density at radius 1 is 1.80 bits per heavy atom. The summed E-state index contributed by atoms with van der Waals surface area (Å²) in [5.74, 6) is 0.0742. The van der Waals surface area contributed by atoms with Crippen molar-refractivity contribution in [1.29, 1.82) is 0 Å². The number of nitrogens with one attached hydrogen (secondary N) is 1. The van der Waals surface area contributed by atoms with Gasteiger partial charge in [0.25, 0.3) is 5.91 Å². The van der Waals surface area contributed by atoms with Gasteiger partial charge in [0, 0.05) is 26.2 Å². The number of aromatic nitrogens is 2. The fourth-order valence-corrected chi connectivity index (χ4v) is 1.29. The van der Waals surface area contributed by atoms with E-state index in [1.54, 1.807) is 31.1 Å². The third-order valence-corrected chi connectivity index (χ3v) is 2.21. The molecule has 1 amide bonds. The van der Waals surface area contributed by atoms with Gasteiger partial charge in [0.2, 0.25) is 0 Å². The molecular formula is C9H14ClN3O2. The van der Waals surface area contributed by atoms with Crippen molar-refractivity contribution in [2.75, 3.05) is 19.6 Å². The summed E-state index contributed by atoms with van der Waals surface area (Å²) in [6.45, 7) is 0.391. The molecule has 0 bridgehead atoms. The summed E-state index contributed by atoms with van der Waals surface area (Å²) >= 11 is 5.66. The first-order chi connectivity index (χ1) is 7.17. The number of rotatable bonds is 5. The lowest BCUT2D eigenvalue weighted by molar-refractivity contribution is 0.0901. The molecule has 15 heavy (non-hydrogen) atoms. The summed E-state index contributed by atoms with van der Waals surface area (Å²) in [6, 6.07) is 1.46. The third kappa shape index (κ3) is 3.53. The smallest absolute Gasteiger partial charge is 0.272 e. The number of hydrogen-bond acceptors (Lipinski definition) is 3. The molecule has 0 aromatic carbocycles. The van der Waals surface area contributed by atoms with E-state index in [2.05, 4.69) is 10.4 Å². The van der Waals surface area contributed by atoms with E-state index in [4.69, 9.17) is 16.3 Å². The van der Waals surface area contributed by atoms with Crippen LogP contribution in [0, 0.1) is 0 Å². The molecule has 0 aliphatic carbocycles. The molecule has 0 saturated carbocycles. The van der Waals surface area contributed by atoms with E-state index in [-0.39, 0.29) is 11.9 Å². The first-order valence-corrected chi connectivity index (χ1v) is 5.06. The van der Waals surface area contributed by atoms with Crippen LogP contribution in [-0.4, -0.2) is 41.3 Å². The van der Waals surface area contributed by atoms with Crippen molar-refractivity contribution in [3.63, 3.8) is 0 Å². The van der Waals surface area contributed by atoms with Crippen LogP contribution in [0.25, 0.3) is 0 Å². The predicted molar refractivity (Wildman–Crippen MR) is 57.1 cm³/mol. The fraction of sp³-hybridized carbons (Fsp3) is 0.556. The maximum Gasteiger partial charge on any atom is 0.272 e. The highest BCUT2D eigenvalue weighted by molar-refractivity contribution is 6.18. The van der Waals surface area contributed by atoms with Gasteiger partial charge >= 0.3 is 0 Å². The molecule has 1 rings (SSSR count). The van der Waals surface area contributed by atoms with Crippen LogP contribution in [-0.2, 0) is 11.8 Å². The van der Waals surface area contributed by atoms with Gasteiger partial charge in [-0.15, -0.1) is 11.6 Å². The summed E-state index contributed by atoms with van der Waals surface area (Å²) in [7, 11) is 3.32. The standard InChI is InChI=1S/C9H14ClN3O2/c1-13-4-3-8(12-13)9(14)11-7(5-10)6-15-2/h3-4,7H,5-6H2,1-2H3,(H,11,14). The van der Waals surface area contributed by atoms with Crippen molar-refractivity contribution in [2.45, 2.75) is 6.04 Å². The van der Waals surface area contributed by atoms with Gasteiger partial charge in [0.05, 0.1) is 12.6 Å². The molecule has 1 atom stereocenters. The van der Waals surface area contributed by atoms with E-state index in [9.17, 15) is 4.79 Å². The lowest BCUT2D eigenvalue weighted by Gasteiger charge is -2.13. The van der Waals surface area contributed by atoms with Crippen LogP contribution in [0.5, 0.6) is 0 Å². The zero-order valence-corrected chi connectivity index (χ0v) is 9.49. The molecule has 6 heteroatoms. The van der Waals surface area contributed by atoms with Crippen LogP contribution in [0.1, 0.15) is 10.5 Å². The maximum absolute atomic E-state index is 11.6. The molecule has 1 heterocycles. The second-order valence-electron chi connectivity index (χ2n) is 3.15. The minimum atomic E-state index is -0.238. The van der Waals surface area contributed by atoms with Gasteiger partial charge in [-0.3, -0.25) is 9.48 Å². The summed E-state index contributed by atoms with van der Waals surface area (Å²) in [5, 5.41) is 6.70. The Kier molecular flexibility index (Phi) is 4.58. The van der Waals surface area contributed by atoms with Gasteiger partial charge in [-0.05, 0) is 6.07 Å². The Balaban J connectivity index is 2.54. The molecule has 84 valence electrons. The normalized spacial score (nSPS) is 12.5. The second-order valence-corrected chi connectivity index (χ2v) is 3.46. The number of methoxy groups -OCH3 is 1. The highest BCUT2D eigenvalue weighted by atomic mass is 35.5. The van der Waals surface area contributed by atoms with E-state index in [1.165, 1.54) is 0 Å². The Morgan fingerprint density at radius 2 is 2.53 bits per heavy atom. The van der Waals surface area contributed by atoms with E-state index in [0.29, 0.717) is 18.2 Å². The van der Waals surface area contributed by atoms with Crippen LogP contribution in [0.2, 0.25) is 0 Å². The summed E-state index contributed by atoms with van der Waals surface area (Å²) in [5.41, 5.74) is 0.378. The molecular weight excluding hydrogens is 218 g/mol. The van der Waals surface area contributed by atoms with Gasteiger partial charge in [0.1, 0.15) is 5.69 Å². The van der Waals surface area contributed by atoms with Crippen LogP contribution >= 0.6 is 11.6 Å². The summed E-state index contributed by atoms with van der Waals surface area (Å²) < 4.78 is 6.48. The number of amides is 1. The van der Waals surface area contributed by atoms with Gasteiger partial charge in [-0.1, -0.05) is 0 Å². The minimum Gasteiger partial charge on any atom is -0.383 e. The lowest BCUT2D eigenvalue weighted by Crippen LogP contribution is -2.39. The van der Waals surface area contributed by atoms with Gasteiger partial charge < -0.3 is 10.1 Å². The minimum absolute atomic E-state index is 0.189. The molecule has 1 aromatic rings. The quantitative estimate of drug-likeness (QED) is 0.747. The number of halogens is 1. The van der Waals surface area contributed by atoms with E-state index in [1.807, 2.05) is 0 Å². The Labute approximate surface area is 93.4 Å². The van der Waals surface area contributed by atoms with Crippen molar-refractivity contribution >= 4 is 17.5 Å². The maximum atomic E-state index is 11.6. The van der Waals surface area contributed by atoms with Crippen LogP contribution in [0.15, 0.2) is 12.3 Å². The average molecular weight is 232 g/mol. The third-order valence-electron chi connectivity index (χ3n) is 1.84. The zero-order chi connectivity index (χ0) is 11.3. The first kappa shape index (κ1) is 12.0. The Hall–Kier alpha value is -1.07. The molecule has 0 saturated heterocycles. The molecule has 1 unspecified atom stereocenters. The van der Waals surface area contributed by atoms with Crippen molar-refractivity contribution in [3.05, 3.63) is 18.0 Å². The number of nitrogens with zero attached hydrogens (tertiary/aromatic N) is 2. The highest BCUT2D eigenvalue weighted by Gasteiger charge is 2.14. The largest absolute Gasteiger partial charge is 0.383 e. The number of ether oxygens (including phenoxy) is 1. The van der Waals surface area contributed by atoms with Crippen molar-refractivity contribution in [3.8, 4) is 0 Å². The summed E-state index contributed by atoms with van der Waals surface area (Å²) in [4.78, 5) is 11.6. The van der Waals surface area contributed by atoms with Crippen LogP contribution in [0.4, 0.5) is 0 Å². The predicted octanol–water partition coefficient (Wildman–Crippen LogP) is 0.404. The number of carbonyl (C=O) groups is 1. The van der Waals surface area contributed by atoms with E-state index >= 15 is 0 Å². The Morgan fingerprint density at radius 3 is 3.00 bits per heavy atom. The van der Waals surface area contributed by atoms with Crippen molar-refractivity contribution < 1.29 is 9.53 Å². The topological polar surface area (TPSA) is 56.1 Å². The van der Waals surface area contributed by atoms with Crippen LogP contribution in [0.3, 0.4) is 0 Å². The Bertz CT molecular complexity index is 327. The van der Waals surface area contributed by atoms with Crippen molar-refractivity contribution in [2.24, 2.45) is 7.05 Å². The number of alkyl halides is 1. The van der Waals surface area contributed by atoms with Gasteiger partial charge in [0.15, 0.2) is 0 Å². The monoisotopic (exact) mass is 231 g/mol. The SMILES string of the molecule is COCC(CCl)NC(=O)c1ccn(C)n1. The van der Waals surface area contributed by atoms with E-state index in [0.717, 1.165) is 0 Å². The molecule has 1 N–H and O–H groups in total. The zero-order valence-electron chi connectivity index (χ0n) is 8.74. The van der Waals surface area contributed by atoms with Gasteiger partial charge in [-0.2, -0.15) is 5.10 Å². The number of aryl methyl sites for hydroxylation is 1. The highest BCUT2D eigenvalue weighted by Crippen LogP contribution is 1.96.